The maximum Gasteiger partial charge on any atom is 0.319 e. The lowest BCUT2D eigenvalue weighted by molar-refractivity contribution is 0.0896. The van der Waals surface area contributed by atoms with Gasteiger partial charge in [-0.3, -0.25) is 9.88 Å². The standard InChI is InChI=1S/C32H31ClFN7O/c33-25-7-2-5-19-4-1-6-23(26(19)25)28-27(34)29-24(15-36-28)30(40-16-21-8-9-22(17-40)37-21)39-31(38-29)42-18-32-11-3-12-41(32)13-10-20(32)14-35/h1-2,4-7,15,20-22,37H,3,8-13,16-18H2/t20-,21?,22?,32-/m1/s1. The Kier molecular flexibility index (Phi) is 6.21. The van der Waals surface area contributed by atoms with Crippen molar-refractivity contribution in [3.8, 4) is 23.3 Å². The second-order valence-corrected chi connectivity index (χ2v) is 12.6. The molecule has 0 radical (unpaired) electrons. The summed E-state index contributed by atoms with van der Waals surface area (Å²) in [4.78, 5) is 18.8. The number of ether oxygens (including phenoxy) is 1. The van der Waals surface area contributed by atoms with Crippen LogP contribution in [-0.4, -0.2) is 70.3 Å². The summed E-state index contributed by atoms with van der Waals surface area (Å²) in [5.74, 6) is 0.0154. The minimum Gasteiger partial charge on any atom is -0.461 e. The van der Waals surface area contributed by atoms with Crippen molar-refractivity contribution in [2.75, 3.05) is 37.7 Å². The van der Waals surface area contributed by atoms with Gasteiger partial charge in [0.2, 0.25) is 0 Å². The van der Waals surface area contributed by atoms with Crippen molar-refractivity contribution >= 4 is 39.1 Å². The second kappa shape index (κ2) is 10.0. The number of nitrogens with zero attached hydrogens (tertiary/aromatic N) is 6. The Morgan fingerprint density at radius 2 is 1.90 bits per heavy atom. The van der Waals surface area contributed by atoms with Gasteiger partial charge in [0.25, 0.3) is 0 Å². The molecule has 4 aromatic rings. The van der Waals surface area contributed by atoms with Crippen LogP contribution in [0.4, 0.5) is 10.2 Å². The van der Waals surface area contributed by atoms with Crippen molar-refractivity contribution < 1.29 is 9.13 Å². The van der Waals surface area contributed by atoms with E-state index in [1.54, 1.807) is 12.3 Å². The molecule has 42 heavy (non-hydrogen) atoms. The van der Waals surface area contributed by atoms with Crippen LogP contribution in [0.15, 0.2) is 42.6 Å². The van der Waals surface area contributed by atoms with Gasteiger partial charge in [0.1, 0.15) is 23.6 Å². The Morgan fingerprint density at radius 1 is 1.10 bits per heavy atom. The molecule has 0 saturated carbocycles. The first-order valence-electron chi connectivity index (χ1n) is 14.9. The topological polar surface area (TPSA) is 90.2 Å². The van der Waals surface area contributed by atoms with Crippen LogP contribution >= 0.6 is 11.6 Å². The van der Waals surface area contributed by atoms with Gasteiger partial charge in [-0.1, -0.05) is 41.9 Å². The number of rotatable bonds is 5. The van der Waals surface area contributed by atoms with Gasteiger partial charge in [-0.2, -0.15) is 15.2 Å². The number of anilines is 1. The summed E-state index contributed by atoms with van der Waals surface area (Å²) in [6.07, 6.45) is 6.68. The number of fused-ring (bicyclic) bond motifs is 5. The quantitative estimate of drug-likeness (QED) is 0.337. The fourth-order valence-corrected chi connectivity index (χ4v) is 8.14. The first-order valence-corrected chi connectivity index (χ1v) is 15.2. The molecule has 8 nitrogen and oxygen atoms in total. The summed E-state index contributed by atoms with van der Waals surface area (Å²) < 4.78 is 23.0. The zero-order valence-electron chi connectivity index (χ0n) is 23.2. The predicted octanol–water partition coefficient (Wildman–Crippen LogP) is 5.33. The third-order valence-corrected chi connectivity index (χ3v) is 10.2. The molecule has 2 aromatic carbocycles. The fraction of sp³-hybridized carbons (Fsp3) is 0.438. The maximum absolute atomic E-state index is 16.6. The van der Waals surface area contributed by atoms with Crippen LogP contribution < -0.4 is 15.0 Å². The summed E-state index contributed by atoms with van der Waals surface area (Å²) in [7, 11) is 0. The van der Waals surface area contributed by atoms with E-state index < -0.39 is 5.82 Å². The molecule has 6 heterocycles. The normalized spacial score (nSPS) is 27.1. The molecule has 4 fully saturated rings. The minimum atomic E-state index is -0.525. The second-order valence-electron chi connectivity index (χ2n) is 12.2. The molecule has 4 aliphatic rings. The molecule has 2 aromatic heterocycles. The summed E-state index contributed by atoms with van der Waals surface area (Å²) in [5.41, 5.74) is 0.643. The van der Waals surface area contributed by atoms with E-state index in [1.165, 1.54) is 0 Å². The molecule has 0 aliphatic carbocycles. The molecule has 1 N–H and O–H groups in total. The zero-order chi connectivity index (χ0) is 28.4. The van der Waals surface area contributed by atoms with E-state index in [0.29, 0.717) is 40.5 Å². The number of hydrogen-bond acceptors (Lipinski definition) is 8. The molecule has 8 rings (SSSR count). The molecule has 214 valence electrons. The van der Waals surface area contributed by atoms with Crippen molar-refractivity contribution in [2.24, 2.45) is 5.92 Å². The van der Waals surface area contributed by atoms with Crippen molar-refractivity contribution in [3.05, 3.63) is 53.4 Å². The first-order chi connectivity index (χ1) is 20.5. The van der Waals surface area contributed by atoms with Gasteiger partial charge in [0, 0.05) is 53.9 Å². The highest BCUT2D eigenvalue weighted by Crippen LogP contribution is 2.44. The van der Waals surface area contributed by atoms with Gasteiger partial charge in [0.05, 0.1) is 22.9 Å². The number of piperazine rings is 1. The Hall–Kier alpha value is -3.58. The average molecular weight is 584 g/mol. The lowest BCUT2D eigenvalue weighted by Gasteiger charge is -2.35. The molecule has 2 bridgehead atoms. The largest absolute Gasteiger partial charge is 0.461 e. The Bertz CT molecular complexity index is 1740. The van der Waals surface area contributed by atoms with Crippen LogP contribution in [0, 0.1) is 23.1 Å². The number of pyridine rings is 1. The van der Waals surface area contributed by atoms with Crippen LogP contribution in [0.2, 0.25) is 5.02 Å². The Morgan fingerprint density at radius 3 is 2.71 bits per heavy atom. The fourth-order valence-electron chi connectivity index (χ4n) is 7.86. The summed E-state index contributed by atoms with van der Waals surface area (Å²) in [6, 6.07) is 14.7. The average Bonchev–Trinajstić information content (AvgIpc) is 3.68. The third-order valence-electron chi connectivity index (χ3n) is 9.88. The third kappa shape index (κ3) is 4.03. The first kappa shape index (κ1) is 26.1. The van der Waals surface area contributed by atoms with Crippen LogP contribution in [0.3, 0.4) is 0 Å². The number of nitrogens with one attached hydrogen (secondary N) is 1. The smallest absolute Gasteiger partial charge is 0.319 e. The molecular weight excluding hydrogens is 553 g/mol. The number of benzene rings is 2. The van der Waals surface area contributed by atoms with Gasteiger partial charge in [-0.05, 0) is 50.1 Å². The summed E-state index contributed by atoms with van der Waals surface area (Å²) in [5, 5.41) is 16.3. The monoisotopic (exact) mass is 583 g/mol. The number of halogens is 2. The van der Waals surface area contributed by atoms with Crippen molar-refractivity contribution in [3.63, 3.8) is 0 Å². The lowest BCUT2D eigenvalue weighted by atomic mass is 9.85. The molecular formula is C32H31ClFN7O. The van der Waals surface area contributed by atoms with Crippen molar-refractivity contribution in [2.45, 2.75) is 49.7 Å². The molecule has 0 amide bonds. The Labute approximate surface area is 248 Å². The van der Waals surface area contributed by atoms with E-state index in [1.807, 2.05) is 30.3 Å². The molecule has 2 unspecified atom stereocenters. The van der Waals surface area contributed by atoms with Gasteiger partial charge in [0.15, 0.2) is 5.82 Å². The predicted molar refractivity (Wildman–Crippen MR) is 160 cm³/mol. The van der Waals surface area contributed by atoms with Crippen molar-refractivity contribution in [1.82, 2.24) is 25.2 Å². The lowest BCUT2D eigenvalue weighted by Crippen LogP contribution is -2.51. The van der Waals surface area contributed by atoms with E-state index in [2.05, 4.69) is 31.2 Å². The van der Waals surface area contributed by atoms with E-state index >= 15 is 4.39 Å². The molecule has 4 atom stereocenters. The van der Waals surface area contributed by atoms with Crippen molar-refractivity contribution in [1.29, 1.82) is 5.26 Å². The van der Waals surface area contributed by atoms with E-state index in [0.717, 1.165) is 69.1 Å². The SMILES string of the molecule is N#C[C@H]1CCN2CCC[C@@]12COc1nc(N2CC3CCC(C2)N3)c2cnc(-c3cccc4cccc(Cl)c34)c(F)c2n1. The van der Waals surface area contributed by atoms with Crippen LogP contribution in [-0.2, 0) is 0 Å². The number of hydrogen-bond donors (Lipinski definition) is 1. The highest BCUT2D eigenvalue weighted by molar-refractivity contribution is 6.36. The van der Waals surface area contributed by atoms with E-state index in [-0.39, 0.29) is 28.7 Å². The number of aromatic nitrogens is 3. The van der Waals surface area contributed by atoms with Crippen LogP contribution in [0.5, 0.6) is 6.01 Å². The van der Waals surface area contributed by atoms with E-state index in [9.17, 15) is 5.26 Å². The summed E-state index contributed by atoms with van der Waals surface area (Å²) >= 11 is 6.60. The minimum absolute atomic E-state index is 0.104. The number of nitriles is 1. The maximum atomic E-state index is 16.6. The van der Waals surface area contributed by atoms with Gasteiger partial charge in [-0.25, -0.2) is 4.39 Å². The summed E-state index contributed by atoms with van der Waals surface area (Å²) in [6.45, 7) is 3.72. The molecule has 4 aliphatic heterocycles. The molecule has 0 spiro atoms. The molecule has 10 heteroatoms. The van der Waals surface area contributed by atoms with Crippen LogP contribution in [0.1, 0.15) is 32.1 Å². The Balaban J connectivity index is 1.25. The molecule has 4 saturated heterocycles. The highest BCUT2D eigenvalue weighted by atomic mass is 35.5. The van der Waals surface area contributed by atoms with Crippen LogP contribution in [0.25, 0.3) is 32.9 Å². The zero-order valence-corrected chi connectivity index (χ0v) is 23.9. The van der Waals surface area contributed by atoms with E-state index in [4.69, 9.17) is 21.3 Å². The highest BCUT2D eigenvalue weighted by Gasteiger charge is 2.52. The van der Waals surface area contributed by atoms with Gasteiger partial charge >= 0.3 is 6.01 Å². The van der Waals surface area contributed by atoms with Gasteiger partial charge in [-0.15, -0.1) is 0 Å². The van der Waals surface area contributed by atoms with Gasteiger partial charge < -0.3 is 15.0 Å².